The minimum atomic E-state index is 0.288. The van der Waals surface area contributed by atoms with Crippen LogP contribution in [0.15, 0.2) is 16.6 Å². The Labute approximate surface area is 114 Å². The van der Waals surface area contributed by atoms with E-state index < -0.39 is 0 Å². The zero-order valence-electron chi connectivity index (χ0n) is 10.1. The second-order valence-corrected chi connectivity index (χ2v) is 6.06. The Hall–Kier alpha value is -1.14. The highest BCUT2D eigenvalue weighted by Crippen LogP contribution is 2.38. The lowest BCUT2D eigenvalue weighted by Gasteiger charge is -2.21. The topological polar surface area (TPSA) is 64.7 Å². The monoisotopic (exact) mass is 278 g/mol. The van der Waals surface area contributed by atoms with Crippen LogP contribution in [-0.2, 0) is 6.42 Å². The Balaban J connectivity index is 2.04. The summed E-state index contributed by atoms with van der Waals surface area (Å²) >= 11 is 3.34. The fourth-order valence-corrected chi connectivity index (χ4v) is 3.75. The Morgan fingerprint density at radius 3 is 3.11 bits per heavy atom. The summed E-state index contributed by atoms with van der Waals surface area (Å²) in [7, 11) is 0. The molecule has 0 bridgehead atoms. The summed E-state index contributed by atoms with van der Waals surface area (Å²) in [5.41, 5.74) is 7.14. The number of nitrogens with zero attached hydrogens (tertiary/aromatic N) is 3. The first kappa shape index (κ1) is 11.9. The molecule has 1 aliphatic carbocycles. The number of hydrogen-bond acceptors (Lipinski definition) is 6. The quantitative estimate of drug-likeness (QED) is 0.856. The van der Waals surface area contributed by atoms with Crippen molar-refractivity contribution >= 4 is 29.0 Å². The van der Waals surface area contributed by atoms with Gasteiger partial charge in [0.15, 0.2) is 5.16 Å². The van der Waals surface area contributed by atoms with Crippen molar-refractivity contribution in [3.05, 3.63) is 27.7 Å². The molecule has 94 valence electrons. The highest BCUT2D eigenvalue weighted by Gasteiger charge is 2.25. The fourth-order valence-electron chi connectivity index (χ4n) is 2.39. The molecule has 0 amide bonds. The molecule has 18 heavy (non-hydrogen) atoms. The molecule has 0 saturated carbocycles. The van der Waals surface area contributed by atoms with Crippen LogP contribution in [0, 0.1) is 0 Å². The van der Waals surface area contributed by atoms with Gasteiger partial charge in [0, 0.05) is 10.8 Å². The molecule has 4 nitrogen and oxygen atoms in total. The fraction of sp³-hybridized carbons (Fsp3) is 0.417. The predicted octanol–water partition coefficient (Wildman–Crippen LogP) is 2.71. The van der Waals surface area contributed by atoms with Crippen molar-refractivity contribution in [3.8, 4) is 0 Å². The first-order chi connectivity index (χ1) is 8.78. The SMILES string of the molecule is CSc1nc(N)nc(C2CCCc3sccc32)n1. The van der Waals surface area contributed by atoms with Crippen molar-refractivity contribution in [2.75, 3.05) is 12.0 Å². The van der Waals surface area contributed by atoms with Crippen LogP contribution >= 0.6 is 23.1 Å². The Kier molecular flexibility index (Phi) is 3.22. The van der Waals surface area contributed by atoms with Crippen molar-refractivity contribution < 1.29 is 0 Å². The summed E-state index contributed by atoms with van der Waals surface area (Å²) in [6, 6.07) is 2.20. The van der Waals surface area contributed by atoms with Gasteiger partial charge in [0.25, 0.3) is 0 Å². The van der Waals surface area contributed by atoms with Gasteiger partial charge in [-0.15, -0.1) is 11.3 Å². The maximum absolute atomic E-state index is 5.76. The van der Waals surface area contributed by atoms with Gasteiger partial charge in [0.1, 0.15) is 5.82 Å². The van der Waals surface area contributed by atoms with Gasteiger partial charge in [-0.1, -0.05) is 11.8 Å². The molecule has 0 saturated heterocycles. The molecule has 6 heteroatoms. The second-order valence-electron chi connectivity index (χ2n) is 4.28. The van der Waals surface area contributed by atoms with E-state index in [4.69, 9.17) is 5.73 Å². The molecular formula is C12H14N4S2. The summed E-state index contributed by atoms with van der Waals surface area (Å²) in [5, 5.41) is 2.86. The normalized spacial score (nSPS) is 18.6. The molecule has 0 radical (unpaired) electrons. The molecule has 2 aromatic rings. The molecule has 0 spiro atoms. The molecule has 0 aromatic carbocycles. The molecule has 1 aliphatic rings. The predicted molar refractivity (Wildman–Crippen MR) is 75.1 cm³/mol. The number of thioether (sulfide) groups is 1. The molecule has 2 N–H and O–H groups in total. The first-order valence-corrected chi connectivity index (χ1v) is 8.00. The minimum Gasteiger partial charge on any atom is -0.368 e. The molecule has 1 unspecified atom stereocenters. The number of hydrogen-bond donors (Lipinski definition) is 1. The molecule has 3 rings (SSSR count). The molecule has 2 aromatic heterocycles. The van der Waals surface area contributed by atoms with Crippen molar-refractivity contribution in [2.45, 2.75) is 30.3 Å². The van der Waals surface area contributed by atoms with E-state index in [1.165, 1.54) is 35.0 Å². The van der Waals surface area contributed by atoms with E-state index in [-0.39, 0.29) is 5.92 Å². The zero-order valence-corrected chi connectivity index (χ0v) is 11.7. The standard InChI is InChI=1S/C12H14N4S2/c1-17-12-15-10(14-11(13)16-12)8-3-2-4-9-7(8)5-6-18-9/h5-6,8H,2-4H2,1H3,(H2,13,14,15,16). The van der Waals surface area contributed by atoms with Crippen LogP contribution in [0.25, 0.3) is 0 Å². The highest BCUT2D eigenvalue weighted by atomic mass is 32.2. The third-order valence-corrected chi connectivity index (χ3v) is 4.74. The maximum atomic E-state index is 5.76. The summed E-state index contributed by atoms with van der Waals surface area (Å²) in [5.74, 6) is 1.44. The number of rotatable bonds is 2. The van der Waals surface area contributed by atoms with E-state index in [1.807, 2.05) is 17.6 Å². The Morgan fingerprint density at radius 1 is 1.39 bits per heavy atom. The van der Waals surface area contributed by atoms with Crippen molar-refractivity contribution in [3.63, 3.8) is 0 Å². The first-order valence-electron chi connectivity index (χ1n) is 5.89. The van der Waals surface area contributed by atoms with E-state index in [0.717, 1.165) is 12.2 Å². The number of thiophene rings is 1. The summed E-state index contributed by atoms with van der Waals surface area (Å²) in [4.78, 5) is 14.4. The zero-order chi connectivity index (χ0) is 12.5. The van der Waals surface area contributed by atoms with E-state index in [9.17, 15) is 0 Å². The molecule has 2 heterocycles. The second kappa shape index (κ2) is 4.85. The van der Waals surface area contributed by atoms with E-state index >= 15 is 0 Å². The lowest BCUT2D eigenvalue weighted by molar-refractivity contribution is 0.588. The van der Waals surface area contributed by atoms with Crippen LogP contribution in [-0.4, -0.2) is 21.2 Å². The van der Waals surface area contributed by atoms with E-state index in [0.29, 0.717) is 11.1 Å². The average molecular weight is 278 g/mol. The van der Waals surface area contributed by atoms with Gasteiger partial charge in [-0.2, -0.15) is 9.97 Å². The average Bonchev–Trinajstić information content (AvgIpc) is 2.85. The van der Waals surface area contributed by atoms with Gasteiger partial charge < -0.3 is 5.73 Å². The number of aromatic nitrogens is 3. The molecular weight excluding hydrogens is 264 g/mol. The van der Waals surface area contributed by atoms with Crippen LogP contribution < -0.4 is 5.73 Å². The van der Waals surface area contributed by atoms with Crippen molar-refractivity contribution in [2.24, 2.45) is 0 Å². The highest BCUT2D eigenvalue weighted by molar-refractivity contribution is 7.98. The largest absolute Gasteiger partial charge is 0.368 e. The van der Waals surface area contributed by atoms with Gasteiger partial charge in [-0.25, -0.2) is 4.98 Å². The minimum absolute atomic E-state index is 0.288. The van der Waals surface area contributed by atoms with Gasteiger partial charge in [-0.3, -0.25) is 0 Å². The third-order valence-electron chi connectivity index (χ3n) is 3.20. The van der Waals surface area contributed by atoms with Crippen LogP contribution in [0.4, 0.5) is 5.95 Å². The summed E-state index contributed by atoms with van der Waals surface area (Å²) in [6.07, 6.45) is 5.42. The summed E-state index contributed by atoms with van der Waals surface area (Å²) < 4.78 is 0. The van der Waals surface area contributed by atoms with Gasteiger partial charge >= 0.3 is 0 Å². The van der Waals surface area contributed by atoms with Gasteiger partial charge in [0.2, 0.25) is 5.95 Å². The Bertz CT molecular complexity index is 567. The van der Waals surface area contributed by atoms with Gasteiger partial charge in [-0.05, 0) is 42.5 Å². The van der Waals surface area contributed by atoms with E-state index in [1.54, 1.807) is 0 Å². The van der Waals surface area contributed by atoms with Crippen molar-refractivity contribution in [1.29, 1.82) is 0 Å². The number of nitrogen functional groups attached to an aromatic ring is 1. The van der Waals surface area contributed by atoms with Gasteiger partial charge in [0.05, 0.1) is 0 Å². The number of nitrogens with two attached hydrogens (primary N) is 1. The third kappa shape index (κ3) is 2.10. The van der Waals surface area contributed by atoms with Crippen LogP contribution in [0.5, 0.6) is 0 Å². The van der Waals surface area contributed by atoms with Crippen LogP contribution in [0.2, 0.25) is 0 Å². The van der Waals surface area contributed by atoms with Crippen LogP contribution in [0.3, 0.4) is 0 Å². The number of anilines is 1. The van der Waals surface area contributed by atoms with Crippen molar-refractivity contribution in [1.82, 2.24) is 15.0 Å². The number of aryl methyl sites for hydroxylation is 1. The molecule has 0 fully saturated rings. The van der Waals surface area contributed by atoms with Crippen LogP contribution in [0.1, 0.15) is 35.0 Å². The lowest BCUT2D eigenvalue weighted by Crippen LogP contribution is -2.14. The number of fused-ring (bicyclic) bond motifs is 1. The molecule has 1 atom stereocenters. The summed E-state index contributed by atoms with van der Waals surface area (Å²) in [6.45, 7) is 0. The van der Waals surface area contributed by atoms with E-state index in [2.05, 4.69) is 26.4 Å². The molecule has 0 aliphatic heterocycles. The lowest BCUT2D eigenvalue weighted by atomic mass is 9.87. The maximum Gasteiger partial charge on any atom is 0.224 e. The smallest absolute Gasteiger partial charge is 0.224 e. The Morgan fingerprint density at radius 2 is 2.28 bits per heavy atom.